The molecule has 2 heterocycles. The van der Waals surface area contributed by atoms with Gasteiger partial charge in [0.2, 0.25) is 0 Å². The Kier molecular flexibility index (Phi) is 5.25. The Labute approximate surface area is 197 Å². The lowest BCUT2D eigenvalue weighted by atomic mass is 9.92. The summed E-state index contributed by atoms with van der Waals surface area (Å²) in [5.41, 5.74) is 3.57. The number of rotatable bonds is 6. The van der Waals surface area contributed by atoms with E-state index >= 15 is 0 Å². The summed E-state index contributed by atoms with van der Waals surface area (Å²) in [6.45, 7) is 1.76. The van der Waals surface area contributed by atoms with Gasteiger partial charge >= 0.3 is 5.69 Å². The van der Waals surface area contributed by atoms with Crippen molar-refractivity contribution in [2.24, 2.45) is 14.1 Å². The smallest absolute Gasteiger partial charge is 0.328 e. The predicted octanol–water partition coefficient (Wildman–Crippen LogP) is 3.19. The number of aryl methyl sites for hydroxylation is 2. The number of nitrogens with zero attached hydrogens (tertiary/aromatic N) is 4. The fourth-order valence-electron chi connectivity index (χ4n) is 4.74. The molecular weight excluding hydrogens is 430 g/mol. The molecule has 0 aliphatic carbocycles. The molecule has 0 saturated heterocycles. The van der Waals surface area contributed by atoms with E-state index in [1.54, 1.807) is 49.0 Å². The van der Waals surface area contributed by atoms with E-state index in [-0.39, 0.29) is 17.5 Å². The van der Waals surface area contributed by atoms with Crippen LogP contribution in [0.5, 0.6) is 0 Å². The number of carbonyl (C=O) groups is 2. The van der Waals surface area contributed by atoms with Crippen LogP contribution in [0.4, 0.5) is 11.4 Å². The van der Waals surface area contributed by atoms with Crippen LogP contribution >= 0.6 is 0 Å². The second-order valence-electron chi connectivity index (χ2n) is 8.99. The summed E-state index contributed by atoms with van der Waals surface area (Å²) in [4.78, 5) is 42.8. The Hall–Kier alpha value is -3.91. The van der Waals surface area contributed by atoms with Crippen molar-refractivity contribution in [3.63, 3.8) is 0 Å². The Morgan fingerprint density at radius 2 is 1.56 bits per heavy atom. The molecule has 0 bridgehead atoms. The van der Waals surface area contributed by atoms with Crippen molar-refractivity contribution in [3.05, 3.63) is 70.1 Å². The van der Waals surface area contributed by atoms with Crippen LogP contribution in [-0.4, -0.2) is 53.0 Å². The highest BCUT2D eigenvalue weighted by Gasteiger charge is 2.34. The first-order chi connectivity index (χ1) is 16.3. The van der Waals surface area contributed by atoms with E-state index in [4.69, 9.17) is 0 Å². The topological polar surface area (TPSA) is 79.6 Å². The van der Waals surface area contributed by atoms with Gasteiger partial charge in [-0.05, 0) is 63.5 Å². The van der Waals surface area contributed by atoms with Gasteiger partial charge in [0.25, 0.3) is 11.8 Å². The van der Waals surface area contributed by atoms with Gasteiger partial charge in [-0.2, -0.15) is 0 Å². The molecule has 8 nitrogen and oxygen atoms in total. The van der Waals surface area contributed by atoms with E-state index in [0.717, 1.165) is 36.1 Å². The summed E-state index contributed by atoms with van der Waals surface area (Å²) < 4.78 is 3.06. The lowest BCUT2D eigenvalue weighted by Gasteiger charge is -2.28. The first kappa shape index (κ1) is 21.9. The number of hydrogen-bond donors (Lipinski definition) is 1. The molecule has 34 heavy (non-hydrogen) atoms. The molecule has 0 radical (unpaired) electrons. The number of hydrogen-bond acceptors (Lipinski definition) is 5. The molecular formula is C26H27N5O3. The number of aromatic nitrogens is 2. The van der Waals surface area contributed by atoms with Gasteiger partial charge in [0.15, 0.2) is 0 Å². The van der Waals surface area contributed by atoms with Gasteiger partial charge in [0.05, 0.1) is 16.7 Å². The summed E-state index contributed by atoms with van der Waals surface area (Å²) in [6.07, 6.45) is 0.978. The quantitative estimate of drug-likeness (QED) is 0.355. The molecule has 1 N–H and O–H groups in total. The Balaban J connectivity index is 1.56. The third-order valence-electron chi connectivity index (χ3n) is 6.52. The number of amides is 2. The van der Waals surface area contributed by atoms with Gasteiger partial charge in [-0.15, -0.1) is 0 Å². The van der Waals surface area contributed by atoms with Crippen LogP contribution in [0, 0.1) is 0 Å². The molecule has 2 amide bonds. The van der Waals surface area contributed by atoms with E-state index in [1.807, 2.05) is 32.3 Å². The minimum Gasteiger partial charge on any atom is -0.384 e. The molecule has 3 aromatic carbocycles. The summed E-state index contributed by atoms with van der Waals surface area (Å²) in [5.74, 6) is -0.735. The number of imidazole rings is 1. The monoisotopic (exact) mass is 457 g/mol. The Bertz CT molecular complexity index is 1510. The molecule has 1 aliphatic heterocycles. The van der Waals surface area contributed by atoms with Gasteiger partial charge in [0.1, 0.15) is 0 Å². The highest BCUT2D eigenvalue weighted by Crippen LogP contribution is 2.36. The van der Waals surface area contributed by atoms with Crippen LogP contribution in [0.3, 0.4) is 0 Å². The van der Waals surface area contributed by atoms with Crippen molar-refractivity contribution in [3.8, 4) is 0 Å². The summed E-state index contributed by atoms with van der Waals surface area (Å²) in [5, 5.41) is 5.00. The molecule has 0 spiro atoms. The van der Waals surface area contributed by atoms with Crippen LogP contribution in [0.15, 0.2) is 53.3 Å². The van der Waals surface area contributed by atoms with E-state index in [1.165, 1.54) is 9.47 Å². The van der Waals surface area contributed by atoms with Crippen molar-refractivity contribution in [2.45, 2.75) is 6.42 Å². The lowest BCUT2D eigenvalue weighted by Crippen LogP contribution is -2.40. The molecule has 0 fully saturated rings. The number of fused-ring (bicyclic) bond motifs is 1. The zero-order valence-corrected chi connectivity index (χ0v) is 19.8. The zero-order chi connectivity index (χ0) is 24.1. The minimum atomic E-state index is -0.367. The zero-order valence-electron chi connectivity index (χ0n) is 19.8. The maximum atomic E-state index is 13.6. The summed E-state index contributed by atoms with van der Waals surface area (Å²) >= 11 is 0. The SMILES string of the molecule is CN(C)CCCNc1ccc2c3c(cccc13)C(=O)N(c1ccc3c(c1)n(C)c(=O)n3C)C2=O. The largest absolute Gasteiger partial charge is 0.384 e. The van der Waals surface area contributed by atoms with E-state index < -0.39 is 0 Å². The summed E-state index contributed by atoms with van der Waals surface area (Å²) in [6, 6.07) is 14.5. The standard InChI is InChI=1S/C26H27N5O3/c1-28(2)14-6-13-27-20-11-10-19-23-17(20)7-5-8-18(23)24(32)31(25(19)33)16-9-12-21-22(15-16)30(4)26(34)29(21)3/h5,7-12,15,27H,6,13-14H2,1-4H3. The molecule has 0 atom stereocenters. The van der Waals surface area contributed by atoms with Crippen molar-refractivity contribution >= 4 is 45.0 Å². The lowest BCUT2D eigenvalue weighted by molar-refractivity contribution is 0.0893. The Morgan fingerprint density at radius 1 is 0.853 bits per heavy atom. The highest BCUT2D eigenvalue weighted by atomic mass is 16.2. The normalized spacial score (nSPS) is 13.5. The molecule has 1 aliphatic rings. The number of benzene rings is 3. The number of imide groups is 1. The van der Waals surface area contributed by atoms with Crippen LogP contribution in [0.2, 0.25) is 0 Å². The van der Waals surface area contributed by atoms with Crippen molar-refractivity contribution in [1.29, 1.82) is 0 Å². The summed E-state index contributed by atoms with van der Waals surface area (Å²) in [7, 11) is 7.46. The molecule has 5 rings (SSSR count). The number of nitrogens with one attached hydrogen (secondary N) is 1. The average Bonchev–Trinajstić information content (AvgIpc) is 3.04. The molecule has 8 heteroatoms. The molecule has 4 aromatic rings. The second-order valence-corrected chi connectivity index (χ2v) is 8.99. The minimum absolute atomic E-state index is 0.163. The van der Waals surface area contributed by atoms with Gasteiger partial charge < -0.3 is 10.2 Å². The third kappa shape index (κ3) is 3.30. The third-order valence-corrected chi connectivity index (χ3v) is 6.52. The number of anilines is 2. The van der Waals surface area contributed by atoms with Crippen molar-refractivity contribution in [1.82, 2.24) is 14.0 Å². The average molecular weight is 458 g/mol. The van der Waals surface area contributed by atoms with Crippen LogP contribution in [-0.2, 0) is 14.1 Å². The maximum Gasteiger partial charge on any atom is 0.328 e. The van der Waals surface area contributed by atoms with Crippen molar-refractivity contribution in [2.75, 3.05) is 37.4 Å². The maximum absolute atomic E-state index is 13.6. The molecule has 174 valence electrons. The predicted molar refractivity (Wildman–Crippen MR) is 135 cm³/mol. The second kappa shape index (κ2) is 8.14. The molecule has 1 aromatic heterocycles. The van der Waals surface area contributed by atoms with Crippen LogP contribution in [0.25, 0.3) is 21.8 Å². The van der Waals surface area contributed by atoms with Gasteiger partial charge in [-0.1, -0.05) is 12.1 Å². The first-order valence-electron chi connectivity index (χ1n) is 11.3. The Morgan fingerprint density at radius 3 is 2.29 bits per heavy atom. The van der Waals surface area contributed by atoms with Crippen LogP contribution in [0.1, 0.15) is 27.1 Å². The van der Waals surface area contributed by atoms with E-state index in [2.05, 4.69) is 10.2 Å². The van der Waals surface area contributed by atoms with Gasteiger partial charge in [-0.3, -0.25) is 18.7 Å². The fourth-order valence-corrected chi connectivity index (χ4v) is 4.74. The van der Waals surface area contributed by atoms with Gasteiger partial charge in [-0.25, -0.2) is 9.69 Å². The van der Waals surface area contributed by atoms with Crippen LogP contribution < -0.4 is 15.9 Å². The van der Waals surface area contributed by atoms with Crippen molar-refractivity contribution < 1.29 is 9.59 Å². The fraction of sp³-hybridized carbons (Fsp3) is 0.269. The highest BCUT2D eigenvalue weighted by molar-refractivity contribution is 6.36. The number of carbonyl (C=O) groups excluding carboxylic acids is 2. The van der Waals surface area contributed by atoms with E-state index in [9.17, 15) is 14.4 Å². The first-order valence-corrected chi connectivity index (χ1v) is 11.3. The van der Waals surface area contributed by atoms with Gasteiger partial charge in [0, 0.05) is 48.2 Å². The van der Waals surface area contributed by atoms with E-state index in [0.29, 0.717) is 27.7 Å². The molecule has 0 saturated carbocycles. The molecule has 0 unspecified atom stereocenters.